The molecule has 0 aromatic carbocycles. The van der Waals surface area contributed by atoms with Gasteiger partial charge in [0, 0.05) is 11.6 Å². The van der Waals surface area contributed by atoms with Gasteiger partial charge in [0.15, 0.2) is 0 Å². The van der Waals surface area contributed by atoms with E-state index in [1.165, 1.54) is 32.1 Å². The highest BCUT2D eigenvalue weighted by molar-refractivity contribution is 4.97. The summed E-state index contributed by atoms with van der Waals surface area (Å²) in [5, 5.41) is 3.66. The topological polar surface area (TPSA) is 15.3 Å². The van der Waals surface area contributed by atoms with E-state index in [1.807, 2.05) is 0 Å². The van der Waals surface area contributed by atoms with E-state index in [0.717, 1.165) is 24.9 Å². The third kappa shape index (κ3) is 3.95. The minimum Gasteiger partial charge on any atom is -0.315 e. The van der Waals surface area contributed by atoms with Crippen molar-refractivity contribution in [2.45, 2.75) is 78.3 Å². The molecule has 0 aromatic rings. The zero-order chi connectivity index (χ0) is 14.5. The number of likely N-dealkylation sites (N-methyl/N-ethyl adjacent to an activating group) is 2. The zero-order valence-electron chi connectivity index (χ0n) is 14.1. The van der Waals surface area contributed by atoms with E-state index < -0.39 is 0 Å². The highest BCUT2D eigenvalue weighted by Crippen LogP contribution is 2.37. The fraction of sp³-hybridized carbons (Fsp3) is 1.00. The molecule has 0 aliphatic heterocycles. The van der Waals surface area contributed by atoms with Gasteiger partial charge in [0.2, 0.25) is 0 Å². The Morgan fingerprint density at radius 1 is 1.16 bits per heavy atom. The van der Waals surface area contributed by atoms with Gasteiger partial charge in [-0.15, -0.1) is 0 Å². The van der Waals surface area contributed by atoms with Gasteiger partial charge in [-0.25, -0.2) is 0 Å². The maximum absolute atomic E-state index is 3.66. The van der Waals surface area contributed by atoms with E-state index in [0.29, 0.717) is 6.04 Å². The summed E-state index contributed by atoms with van der Waals surface area (Å²) in [7, 11) is 2.16. The van der Waals surface area contributed by atoms with Crippen molar-refractivity contribution in [2.75, 3.05) is 20.1 Å². The molecule has 0 bridgehead atoms. The largest absolute Gasteiger partial charge is 0.315 e. The van der Waals surface area contributed by atoms with Gasteiger partial charge in [0.25, 0.3) is 0 Å². The Kier molecular flexibility index (Phi) is 6.82. The standard InChI is InChI=1S/C17H36N2/c1-7-14-11-10-12-15(13-14)16(18-6)17(4,5)19(8-2)9-3/h14-16,18H,7-13H2,1-6H3. The van der Waals surface area contributed by atoms with Gasteiger partial charge in [-0.2, -0.15) is 0 Å². The van der Waals surface area contributed by atoms with Gasteiger partial charge in [-0.1, -0.05) is 40.0 Å². The minimum absolute atomic E-state index is 0.249. The third-order valence-electron chi connectivity index (χ3n) is 5.52. The molecule has 0 amide bonds. The quantitative estimate of drug-likeness (QED) is 0.753. The molecule has 1 fully saturated rings. The summed E-state index contributed by atoms with van der Waals surface area (Å²) >= 11 is 0. The van der Waals surface area contributed by atoms with Crippen molar-refractivity contribution in [2.24, 2.45) is 11.8 Å². The number of rotatable bonds is 7. The van der Waals surface area contributed by atoms with Crippen LogP contribution in [0.1, 0.15) is 66.7 Å². The van der Waals surface area contributed by atoms with E-state index in [2.05, 4.69) is 51.9 Å². The Bertz CT molecular complexity index is 246. The molecule has 19 heavy (non-hydrogen) atoms. The lowest BCUT2D eigenvalue weighted by molar-refractivity contribution is 0.0501. The molecule has 1 aliphatic carbocycles. The smallest absolute Gasteiger partial charge is 0.0308 e. The molecule has 1 aliphatic rings. The first kappa shape index (κ1) is 17.0. The van der Waals surface area contributed by atoms with Crippen LogP contribution in [0.5, 0.6) is 0 Å². The summed E-state index contributed by atoms with van der Waals surface area (Å²) in [4.78, 5) is 2.61. The van der Waals surface area contributed by atoms with E-state index in [-0.39, 0.29) is 5.54 Å². The van der Waals surface area contributed by atoms with Crippen LogP contribution in [0.4, 0.5) is 0 Å². The van der Waals surface area contributed by atoms with Crippen LogP contribution in [-0.4, -0.2) is 36.6 Å². The number of nitrogens with one attached hydrogen (secondary N) is 1. The second-order valence-corrected chi connectivity index (χ2v) is 6.79. The van der Waals surface area contributed by atoms with Crippen LogP contribution in [0.2, 0.25) is 0 Å². The Balaban J connectivity index is 2.80. The van der Waals surface area contributed by atoms with E-state index in [9.17, 15) is 0 Å². The highest BCUT2D eigenvalue weighted by Gasteiger charge is 2.39. The summed E-state index contributed by atoms with van der Waals surface area (Å²) in [6, 6.07) is 0.613. The molecule has 0 saturated heterocycles. The fourth-order valence-corrected chi connectivity index (χ4v) is 4.41. The Morgan fingerprint density at radius 3 is 2.26 bits per heavy atom. The van der Waals surface area contributed by atoms with E-state index >= 15 is 0 Å². The van der Waals surface area contributed by atoms with Crippen molar-refractivity contribution in [3.8, 4) is 0 Å². The maximum atomic E-state index is 3.66. The Morgan fingerprint density at radius 2 is 1.79 bits per heavy atom. The molecule has 1 saturated carbocycles. The van der Waals surface area contributed by atoms with Gasteiger partial charge in [-0.05, 0) is 58.7 Å². The summed E-state index contributed by atoms with van der Waals surface area (Å²) < 4.78 is 0. The molecule has 114 valence electrons. The molecule has 0 aromatic heterocycles. The molecule has 2 nitrogen and oxygen atoms in total. The molecular weight excluding hydrogens is 232 g/mol. The van der Waals surface area contributed by atoms with Crippen molar-refractivity contribution in [3.63, 3.8) is 0 Å². The molecule has 1 N–H and O–H groups in total. The molecule has 0 radical (unpaired) electrons. The van der Waals surface area contributed by atoms with Crippen molar-refractivity contribution >= 4 is 0 Å². The lowest BCUT2D eigenvalue weighted by Crippen LogP contribution is -2.60. The lowest BCUT2D eigenvalue weighted by Gasteiger charge is -2.48. The van der Waals surface area contributed by atoms with Crippen LogP contribution in [0.15, 0.2) is 0 Å². The van der Waals surface area contributed by atoms with Crippen molar-refractivity contribution in [3.05, 3.63) is 0 Å². The normalized spacial score (nSPS) is 26.7. The molecule has 2 heteroatoms. The average molecular weight is 268 g/mol. The molecule has 0 heterocycles. The minimum atomic E-state index is 0.249. The summed E-state index contributed by atoms with van der Waals surface area (Å²) in [5.41, 5.74) is 0.249. The first-order valence-corrected chi connectivity index (χ1v) is 8.43. The SMILES string of the molecule is CCC1CCCC(C(NC)C(C)(C)N(CC)CC)C1. The predicted octanol–water partition coefficient (Wildman–Crippen LogP) is 3.91. The Hall–Kier alpha value is -0.0800. The Labute approximate surface area is 121 Å². The number of hydrogen-bond acceptors (Lipinski definition) is 2. The van der Waals surface area contributed by atoms with Crippen LogP contribution in [0.3, 0.4) is 0 Å². The van der Waals surface area contributed by atoms with E-state index in [1.54, 1.807) is 0 Å². The third-order valence-corrected chi connectivity index (χ3v) is 5.52. The van der Waals surface area contributed by atoms with Crippen LogP contribution >= 0.6 is 0 Å². The monoisotopic (exact) mass is 268 g/mol. The first-order valence-electron chi connectivity index (χ1n) is 8.43. The zero-order valence-corrected chi connectivity index (χ0v) is 14.1. The number of nitrogens with zero attached hydrogens (tertiary/aromatic N) is 1. The number of hydrogen-bond donors (Lipinski definition) is 1. The van der Waals surface area contributed by atoms with Crippen LogP contribution < -0.4 is 5.32 Å². The van der Waals surface area contributed by atoms with Gasteiger partial charge >= 0.3 is 0 Å². The van der Waals surface area contributed by atoms with Crippen LogP contribution in [-0.2, 0) is 0 Å². The second-order valence-electron chi connectivity index (χ2n) is 6.79. The highest BCUT2D eigenvalue weighted by atomic mass is 15.2. The van der Waals surface area contributed by atoms with Crippen LogP contribution in [0.25, 0.3) is 0 Å². The van der Waals surface area contributed by atoms with Gasteiger partial charge in [-0.3, -0.25) is 4.90 Å². The fourth-order valence-electron chi connectivity index (χ4n) is 4.41. The molecule has 3 atom stereocenters. The second kappa shape index (κ2) is 7.64. The van der Waals surface area contributed by atoms with Crippen molar-refractivity contribution in [1.82, 2.24) is 10.2 Å². The molecule has 0 spiro atoms. The predicted molar refractivity (Wildman–Crippen MR) is 85.6 cm³/mol. The summed E-state index contributed by atoms with van der Waals surface area (Å²) in [6.45, 7) is 14.1. The molecule has 3 unspecified atom stereocenters. The molecule has 1 rings (SSSR count). The van der Waals surface area contributed by atoms with Crippen molar-refractivity contribution < 1.29 is 0 Å². The average Bonchev–Trinajstić information content (AvgIpc) is 2.40. The van der Waals surface area contributed by atoms with Crippen molar-refractivity contribution in [1.29, 1.82) is 0 Å². The van der Waals surface area contributed by atoms with E-state index in [4.69, 9.17) is 0 Å². The maximum Gasteiger partial charge on any atom is 0.0308 e. The summed E-state index contributed by atoms with van der Waals surface area (Å²) in [6.07, 6.45) is 7.07. The molecular formula is C17H36N2. The first-order chi connectivity index (χ1) is 9.01. The lowest BCUT2D eigenvalue weighted by atomic mass is 9.71. The van der Waals surface area contributed by atoms with Gasteiger partial charge in [0.1, 0.15) is 0 Å². The van der Waals surface area contributed by atoms with Gasteiger partial charge < -0.3 is 5.32 Å². The summed E-state index contributed by atoms with van der Waals surface area (Å²) in [5.74, 6) is 1.81. The van der Waals surface area contributed by atoms with Crippen LogP contribution in [0, 0.1) is 11.8 Å². The van der Waals surface area contributed by atoms with Gasteiger partial charge in [0.05, 0.1) is 0 Å².